The second kappa shape index (κ2) is 6.34. The molecule has 2 atom stereocenters. The van der Waals surface area contributed by atoms with Crippen LogP contribution >= 0.6 is 0 Å². The number of carbonyl (C=O) groups is 1. The fraction of sp³-hybridized carbons (Fsp3) is 0.500. The van der Waals surface area contributed by atoms with Crippen LogP contribution in [0.25, 0.3) is 11.0 Å². The summed E-state index contributed by atoms with van der Waals surface area (Å²) in [7, 11) is 0. The highest BCUT2D eigenvalue weighted by molar-refractivity contribution is 5.94. The Morgan fingerprint density at radius 3 is 2.85 bits per heavy atom. The van der Waals surface area contributed by atoms with Gasteiger partial charge < -0.3 is 19.5 Å². The van der Waals surface area contributed by atoms with E-state index >= 15 is 4.39 Å². The molecule has 2 bridgehead atoms. The Bertz CT molecular complexity index is 905. The van der Waals surface area contributed by atoms with Crippen molar-refractivity contribution in [1.82, 2.24) is 14.9 Å². The molecule has 7 heteroatoms. The summed E-state index contributed by atoms with van der Waals surface area (Å²) in [6.45, 7) is 6.34. The van der Waals surface area contributed by atoms with Crippen LogP contribution in [0.5, 0.6) is 0 Å². The first kappa shape index (κ1) is 16.7. The fourth-order valence-corrected chi connectivity index (χ4v) is 5.02. The summed E-state index contributed by atoms with van der Waals surface area (Å²) in [5.74, 6) is 0.0325. The van der Waals surface area contributed by atoms with Gasteiger partial charge in [-0.15, -0.1) is 0 Å². The lowest BCUT2D eigenvalue weighted by atomic mass is 9.91. The Labute approximate surface area is 157 Å². The summed E-state index contributed by atoms with van der Waals surface area (Å²) in [5.41, 5.74) is 2.51. The van der Waals surface area contributed by atoms with Crippen LogP contribution in [-0.2, 0) is 9.53 Å². The van der Waals surface area contributed by atoms with E-state index in [1.807, 2.05) is 11.1 Å². The van der Waals surface area contributed by atoms with E-state index in [1.165, 1.54) is 12.3 Å². The first-order valence-electron chi connectivity index (χ1n) is 9.60. The van der Waals surface area contributed by atoms with E-state index in [-0.39, 0.29) is 23.8 Å². The molecule has 0 spiro atoms. The molecular weight excluding hydrogens is 347 g/mol. The number of hydrogen-bond acceptors (Lipinski definition) is 4. The number of H-pyrrole nitrogens is 1. The molecule has 2 aromatic heterocycles. The van der Waals surface area contributed by atoms with Gasteiger partial charge in [-0.2, -0.15) is 0 Å². The molecule has 5 rings (SSSR count). The number of likely N-dealkylation sites (tertiary alicyclic amines) is 1. The molecule has 0 aliphatic carbocycles. The summed E-state index contributed by atoms with van der Waals surface area (Å²) in [6, 6.07) is 0.255. The molecule has 0 saturated carbocycles. The van der Waals surface area contributed by atoms with Gasteiger partial charge in [-0.05, 0) is 36.8 Å². The van der Waals surface area contributed by atoms with Crippen molar-refractivity contribution in [3.63, 3.8) is 0 Å². The van der Waals surface area contributed by atoms with Gasteiger partial charge in [0, 0.05) is 43.9 Å². The molecule has 3 saturated heterocycles. The first-order chi connectivity index (χ1) is 13.2. The number of fused-ring (bicyclic) bond motifs is 3. The van der Waals surface area contributed by atoms with Crippen molar-refractivity contribution in [1.29, 1.82) is 0 Å². The van der Waals surface area contributed by atoms with Crippen molar-refractivity contribution in [3.05, 3.63) is 36.4 Å². The van der Waals surface area contributed by atoms with Crippen molar-refractivity contribution >= 4 is 22.6 Å². The van der Waals surface area contributed by atoms with Crippen LogP contribution in [0.15, 0.2) is 25.0 Å². The highest BCUT2D eigenvalue weighted by atomic mass is 19.1. The van der Waals surface area contributed by atoms with Crippen LogP contribution in [0.1, 0.15) is 30.7 Å². The number of ether oxygens (including phenoxy) is 1. The van der Waals surface area contributed by atoms with Gasteiger partial charge in [0.2, 0.25) is 5.91 Å². The smallest absolute Gasteiger partial charge is 0.246 e. The maximum Gasteiger partial charge on any atom is 0.246 e. The minimum absolute atomic E-state index is 0.0352. The fourth-order valence-electron chi connectivity index (χ4n) is 5.02. The van der Waals surface area contributed by atoms with E-state index in [0.717, 1.165) is 49.1 Å². The number of nitrogens with one attached hydrogen (secondary N) is 1. The Kier molecular flexibility index (Phi) is 3.93. The molecule has 0 radical (unpaired) electrons. The average molecular weight is 370 g/mol. The predicted octanol–water partition coefficient (Wildman–Crippen LogP) is 2.57. The Hall–Kier alpha value is -2.41. The van der Waals surface area contributed by atoms with Crippen molar-refractivity contribution in [3.8, 4) is 0 Å². The van der Waals surface area contributed by atoms with Crippen LogP contribution in [0.2, 0.25) is 0 Å². The summed E-state index contributed by atoms with van der Waals surface area (Å²) < 4.78 is 20.5. The maximum atomic E-state index is 15.0. The number of aromatic nitrogens is 2. The van der Waals surface area contributed by atoms with Crippen LogP contribution in [0.4, 0.5) is 10.1 Å². The highest BCUT2D eigenvalue weighted by Crippen LogP contribution is 2.42. The third-order valence-electron chi connectivity index (χ3n) is 6.31. The zero-order valence-electron chi connectivity index (χ0n) is 15.2. The van der Waals surface area contributed by atoms with Gasteiger partial charge in [-0.1, -0.05) is 6.58 Å². The molecule has 3 aliphatic heterocycles. The number of rotatable bonds is 3. The van der Waals surface area contributed by atoms with E-state index < -0.39 is 0 Å². The number of piperazine rings is 1. The molecule has 1 N–H and O–H groups in total. The van der Waals surface area contributed by atoms with Crippen LogP contribution in [0, 0.1) is 5.82 Å². The van der Waals surface area contributed by atoms with Crippen molar-refractivity contribution in [2.75, 3.05) is 31.2 Å². The monoisotopic (exact) mass is 370 g/mol. The average Bonchev–Trinajstić information content (AvgIpc) is 3.41. The summed E-state index contributed by atoms with van der Waals surface area (Å²) in [6.07, 6.45) is 7.41. The molecule has 3 fully saturated rings. The number of pyridine rings is 1. The van der Waals surface area contributed by atoms with Gasteiger partial charge in [0.1, 0.15) is 5.65 Å². The number of hydrogen-bond donors (Lipinski definition) is 1. The normalized spacial score (nSPS) is 25.5. The van der Waals surface area contributed by atoms with Crippen molar-refractivity contribution < 1.29 is 13.9 Å². The highest BCUT2D eigenvalue weighted by Gasteiger charge is 2.46. The predicted molar refractivity (Wildman–Crippen MR) is 100 cm³/mol. The Morgan fingerprint density at radius 1 is 1.33 bits per heavy atom. The minimum atomic E-state index is -0.287. The number of aromatic amines is 1. The second-order valence-electron chi connectivity index (χ2n) is 7.70. The van der Waals surface area contributed by atoms with Gasteiger partial charge in [-0.3, -0.25) is 4.79 Å². The number of carbonyl (C=O) groups excluding carboxylic acids is 1. The van der Waals surface area contributed by atoms with Gasteiger partial charge >= 0.3 is 0 Å². The van der Waals surface area contributed by atoms with E-state index in [4.69, 9.17) is 4.74 Å². The van der Waals surface area contributed by atoms with Crippen LogP contribution in [0.3, 0.4) is 0 Å². The SMILES string of the molecule is C=CC(=O)N1C[C@@H]2C[C@H]1CN2c1c(F)cnc2[nH]cc(C3CCOCC3)c12. The van der Waals surface area contributed by atoms with Gasteiger partial charge in [0.15, 0.2) is 5.82 Å². The third-order valence-corrected chi connectivity index (χ3v) is 6.31. The molecule has 3 aliphatic rings. The molecule has 6 nitrogen and oxygen atoms in total. The second-order valence-corrected chi connectivity index (χ2v) is 7.70. The lowest BCUT2D eigenvalue weighted by Gasteiger charge is -2.36. The number of nitrogens with zero attached hydrogens (tertiary/aromatic N) is 3. The van der Waals surface area contributed by atoms with Crippen LogP contribution < -0.4 is 4.90 Å². The molecule has 0 aromatic carbocycles. The summed E-state index contributed by atoms with van der Waals surface area (Å²) in [5, 5.41) is 0.899. The Morgan fingerprint density at radius 2 is 2.15 bits per heavy atom. The molecule has 142 valence electrons. The van der Waals surface area contributed by atoms with E-state index in [1.54, 1.807) is 0 Å². The van der Waals surface area contributed by atoms with E-state index in [0.29, 0.717) is 24.7 Å². The topological polar surface area (TPSA) is 61.5 Å². The van der Waals surface area contributed by atoms with Crippen molar-refractivity contribution in [2.45, 2.75) is 37.3 Å². The van der Waals surface area contributed by atoms with E-state index in [9.17, 15) is 4.79 Å². The molecule has 5 heterocycles. The first-order valence-corrected chi connectivity index (χ1v) is 9.60. The van der Waals surface area contributed by atoms with Crippen molar-refractivity contribution in [2.24, 2.45) is 0 Å². The van der Waals surface area contributed by atoms with Gasteiger partial charge in [0.05, 0.1) is 17.9 Å². The molecular formula is C20H23FN4O2. The number of amides is 1. The number of anilines is 1. The minimum Gasteiger partial charge on any atom is -0.381 e. The van der Waals surface area contributed by atoms with Gasteiger partial charge in [-0.25, -0.2) is 9.37 Å². The summed E-state index contributed by atoms with van der Waals surface area (Å²) >= 11 is 0. The standard InChI is InChI=1S/C20H23FN4O2/c1-2-17(26)24-10-14-7-13(24)11-25(14)19-16(21)9-23-20-18(19)15(8-22-20)12-3-5-27-6-4-12/h2,8-9,12-14H,1,3-7,10-11H2,(H,22,23)/t13-,14-/m0/s1. The zero-order chi connectivity index (χ0) is 18.5. The van der Waals surface area contributed by atoms with Gasteiger partial charge in [0.25, 0.3) is 0 Å². The van der Waals surface area contributed by atoms with Crippen LogP contribution in [-0.4, -0.2) is 59.2 Å². The largest absolute Gasteiger partial charge is 0.381 e. The quantitative estimate of drug-likeness (QED) is 0.844. The Balaban J connectivity index is 1.54. The molecule has 1 amide bonds. The molecule has 2 aromatic rings. The summed E-state index contributed by atoms with van der Waals surface area (Å²) in [4.78, 5) is 23.6. The lowest BCUT2D eigenvalue weighted by molar-refractivity contribution is -0.127. The maximum absolute atomic E-state index is 15.0. The lowest BCUT2D eigenvalue weighted by Crippen LogP contribution is -2.48. The number of halogens is 1. The zero-order valence-corrected chi connectivity index (χ0v) is 15.2. The molecule has 27 heavy (non-hydrogen) atoms. The third kappa shape index (κ3) is 2.56. The van der Waals surface area contributed by atoms with E-state index in [2.05, 4.69) is 21.4 Å². The molecule has 0 unspecified atom stereocenters.